The van der Waals surface area contributed by atoms with Crippen LogP contribution in [0.15, 0.2) is 36.5 Å². The van der Waals surface area contributed by atoms with Crippen molar-refractivity contribution in [3.63, 3.8) is 0 Å². The van der Waals surface area contributed by atoms with Gasteiger partial charge in [0, 0.05) is 5.39 Å². The highest BCUT2D eigenvalue weighted by Crippen LogP contribution is 2.27. The molecule has 1 heterocycles. The van der Waals surface area contributed by atoms with Gasteiger partial charge >= 0.3 is 6.09 Å². The number of hydrogen-bond donors (Lipinski definition) is 2. The Morgan fingerprint density at radius 2 is 2.00 bits per heavy atom. The second-order valence-corrected chi connectivity index (χ2v) is 6.49. The van der Waals surface area contributed by atoms with Gasteiger partial charge < -0.3 is 5.11 Å². The molecule has 1 aromatic carbocycles. The summed E-state index contributed by atoms with van der Waals surface area (Å²) in [5, 5.41) is 11.7. The van der Waals surface area contributed by atoms with E-state index in [9.17, 15) is 4.79 Å². The molecule has 4 heteroatoms. The van der Waals surface area contributed by atoms with Crippen LogP contribution in [-0.4, -0.2) is 16.2 Å². The number of anilines is 1. The first-order chi connectivity index (χ1) is 11.7. The van der Waals surface area contributed by atoms with E-state index >= 15 is 0 Å². The first kappa shape index (κ1) is 18.2. The molecule has 2 aromatic rings. The third-order valence-electron chi connectivity index (χ3n) is 4.53. The Labute approximate surface area is 144 Å². The Bertz CT molecular complexity index is 636. The molecule has 0 radical (unpaired) electrons. The molecule has 0 aliphatic heterocycles. The van der Waals surface area contributed by atoms with Gasteiger partial charge in [0.2, 0.25) is 0 Å². The highest BCUT2D eigenvalue weighted by molar-refractivity contribution is 5.87. The van der Waals surface area contributed by atoms with Crippen LogP contribution in [0.25, 0.3) is 10.9 Å². The van der Waals surface area contributed by atoms with E-state index in [2.05, 4.69) is 17.2 Å². The summed E-state index contributed by atoms with van der Waals surface area (Å²) in [7, 11) is 0. The summed E-state index contributed by atoms with van der Waals surface area (Å²) in [6.07, 6.45) is 12.3. The van der Waals surface area contributed by atoms with Gasteiger partial charge in [0.15, 0.2) is 0 Å². The van der Waals surface area contributed by atoms with Gasteiger partial charge in [-0.2, -0.15) is 0 Å². The van der Waals surface area contributed by atoms with Gasteiger partial charge in [-0.05, 0) is 18.1 Å². The summed E-state index contributed by atoms with van der Waals surface area (Å²) in [4.78, 5) is 14.5. The second-order valence-electron chi connectivity index (χ2n) is 6.49. The Balaban J connectivity index is 0.000000185. The van der Waals surface area contributed by atoms with Crippen LogP contribution in [0.4, 0.5) is 10.5 Å². The predicted octanol–water partition coefficient (Wildman–Crippen LogP) is 6.08. The highest BCUT2D eigenvalue weighted by Gasteiger charge is 2.11. The van der Waals surface area contributed by atoms with Crippen LogP contribution in [0.3, 0.4) is 0 Å². The van der Waals surface area contributed by atoms with Gasteiger partial charge in [0.05, 0.1) is 17.4 Å². The van der Waals surface area contributed by atoms with E-state index in [-0.39, 0.29) is 0 Å². The van der Waals surface area contributed by atoms with Crippen LogP contribution in [-0.2, 0) is 0 Å². The fourth-order valence-corrected chi connectivity index (χ4v) is 3.23. The number of unbranched alkanes of at least 4 members (excludes halogenated alkanes) is 1. The zero-order valence-corrected chi connectivity index (χ0v) is 14.5. The van der Waals surface area contributed by atoms with Gasteiger partial charge in [-0.15, -0.1) is 0 Å². The molecule has 1 amide bonds. The Morgan fingerprint density at radius 1 is 1.25 bits per heavy atom. The molecule has 2 N–H and O–H groups in total. The van der Waals surface area contributed by atoms with E-state index in [1.54, 1.807) is 6.07 Å². The summed E-state index contributed by atoms with van der Waals surface area (Å²) in [5.41, 5.74) is 1.33. The van der Waals surface area contributed by atoms with Crippen LogP contribution in [0.1, 0.15) is 58.3 Å². The molecule has 130 valence electrons. The standard InChI is InChI=1S/C10H8N2O2.C10H20/c13-10(14)12-8-5-7-3-1-2-4-9(7)11-6-8;1-2-3-7-10-8-5-4-6-9-10/h1-6,12H,(H,13,14);10H,2-9H2,1H3. The molecule has 1 aliphatic rings. The number of nitrogens with one attached hydrogen (secondary N) is 1. The largest absolute Gasteiger partial charge is 0.465 e. The number of benzene rings is 1. The average molecular weight is 328 g/mol. The molecule has 4 nitrogen and oxygen atoms in total. The third-order valence-corrected chi connectivity index (χ3v) is 4.53. The first-order valence-corrected chi connectivity index (χ1v) is 9.03. The number of amides is 1. The quantitative estimate of drug-likeness (QED) is 0.714. The smallest absolute Gasteiger partial charge is 0.409 e. The number of fused-ring (bicyclic) bond motifs is 1. The molecule has 0 atom stereocenters. The van der Waals surface area contributed by atoms with Crippen molar-refractivity contribution in [2.45, 2.75) is 58.3 Å². The molecule has 1 aromatic heterocycles. The third kappa shape index (κ3) is 6.19. The number of para-hydroxylation sites is 1. The van der Waals surface area contributed by atoms with Crippen LogP contribution < -0.4 is 5.32 Å². The van der Waals surface area contributed by atoms with E-state index in [1.807, 2.05) is 24.3 Å². The maximum absolute atomic E-state index is 10.4. The molecule has 0 bridgehead atoms. The predicted molar refractivity (Wildman–Crippen MR) is 99.5 cm³/mol. The van der Waals surface area contributed by atoms with Crippen LogP contribution in [0, 0.1) is 5.92 Å². The van der Waals surface area contributed by atoms with Crippen molar-refractivity contribution >= 4 is 22.7 Å². The van der Waals surface area contributed by atoms with Crippen molar-refractivity contribution in [1.82, 2.24) is 4.98 Å². The number of hydrogen-bond acceptors (Lipinski definition) is 2. The Hall–Kier alpha value is -2.10. The van der Waals surface area contributed by atoms with E-state index in [0.717, 1.165) is 16.8 Å². The zero-order chi connectivity index (χ0) is 17.2. The summed E-state index contributed by atoms with van der Waals surface area (Å²) >= 11 is 0. The van der Waals surface area contributed by atoms with Gasteiger partial charge in [-0.25, -0.2) is 4.79 Å². The number of carboxylic acid groups (broad SMARTS) is 1. The molecule has 0 unspecified atom stereocenters. The minimum Gasteiger partial charge on any atom is -0.465 e. The van der Waals surface area contributed by atoms with Crippen molar-refractivity contribution in [2.24, 2.45) is 5.92 Å². The zero-order valence-electron chi connectivity index (χ0n) is 14.5. The average Bonchev–Trinajstić information content (AvgIpc) is 2.61. The second kappa shape index (κ2) is 9.91. The van der Waals surface area contributed by atoms with Gasteiger partial charge in [-0.3, -0.25) is 10.3 Å². The van der Waals surface area contributed by atoms with Gasteiger partial charge in [0.25, 0.3) is 0 Å². The topological polar surface area (TPSA) is 62.2 Å². The van der Waals surface area contributed by atoms with Crippen LogP contribution in [0.2, 0.25) is 0 Å². The monoisotopic (exact) mass is 328 g/mol. The summed E-state index contributed by atoms with van der Waals surface area (Å²) in [5.74, 6) is 1.11. The van der Waals surface area contributed by atoms with Crippen molar-refractivity contribution in [3.05, 3.63) is 36.5 Å². The number of rotatable bonds is 4. The van der Waals surface area contributed by atoms with E-state index in [1.165, 1.54) is 57.6 Å². The molecule has 1 aliphatic carbocycles. The Morgan fingerprint density at radius 3 is 2.71 bits per heavy atom. The lowest BCUT2D eigenvalue weighted by atomic mass is 9.86. The lowest BCUT2D eigenvalue weighted by Gasteiger charge is -2.20. The normalized spacial score (nSPS) is 14.7. The summed E-state index contributed by atoms with van der Waals surface area (Å²) in [6, 6.07) is 9.28. The van der Waals surface area contributed by atoms with Gasteiger partial charge in [0.1, 0.15) is 0 Å². The van der Waals surface area contributed by atoms with Crippen molar-refractivity contribution in [2.75, 3.05) is 5.32 Å². The molecule has 0 spiro atoms. The fourth-order valence-electron chi connectivity index (χ4n) is 3.23. The van der Waals surface area contributed by atoms with E-state index in [0.29, 0.717) is 5.69 Å². The van der Waals surface area contributed by atoms with Crippen molar-refractivity contribution in [3.8, 4) is 0 Å². The summed E-state index contributed by atoms with van der Waals surface area (Å²) in [6.45, 7) is 2.29. The van der Waals surface area contributed by atoms with Gasteiger partial charge in [-0.1, -0.05) is 76.5 Å². The molecule has 1 saturated carbocycles. The number of pyridine rings is 1. The SMILES string of the molecule is CCCCC1CCCCC1.O=C(O)Nc1cnc2ccccc2c1. The molecular weight excluding hydrogens is 300 g/mol. The fraction of sp³-hybridized carbons (Fsp3) is 0.500. The lowest BCUT2D eigenvalue weighted by molar-refractivity contribution is 0.209. The highest BCUT2D eigenvalue weighted by atomic mass is 16.4. The minimum absolute atomic E-state index is 0.483. The van der Waals surface area contributed by atoms with Crippen molar-refractivity contribution in [1.29, 1.82) is 0 Å². The van der Waals surface area contributed by atoms with Crippen molar-refractivity contribution < 1.29 is 9.90 Å². The maximum atomic E-state index is 10.4. The summed E-state index contributed by atoms with van der Waals surface area (Å²) < 4.78 is 0. The van der Waals surface area contributed by atoms with E-state index in [4.69, 9.17) is 5.11 Å². The number of carbonyl (C=O) groups is 1. The maximum Gasteiger partial charge on any atom is 0.409 e. The number of nitrogens with zero attached hydrogens (tertiary/aromatic N) is 1. The van der Waals surface area contributed by atoms with Crippen LogP contribution in [0.5, 0.6) is 0 Å². The molecule has 24 heavy (non-hydrogen) atoms. The molecule has 0 saturated heterocycles. The molecular formula is C20H28N2O2. The van der Waals surface area contributed by atoms with Crippen LogP contribution >= 0.6 is 0 Å². The molecule has 3 rings (SSSR count). The van der Waals surface area contributed by atoms with E-state index < -0.39 is 6.09 Å². The number of aromatic nitrogens is 1. The minimum atomic E-state index is -1.08. The lowest BCUT2D eigenvalue weighted by Crippen LogP contribution is -2.07. The Kier molecular flexibility index (Phi) is 7.53. The molecule has 1 fully saturated rings. The first-order valence-electron chi connectivity index (χ1n) is 9.03.